The summed E-state index contributed by atoms with van der Waals surface area (Å²) in [5.74, 6) is -1.28. The van der Waals surface area contributed by atoms with Crippen LogP contribution in [0, 0.1) is 6.92 Å². The molecule has 0 radical (unpaired) electrons. The van der Waals surface area contributed by atoms with Crippen molar-refractivity contribution in [3.8, 4) is 0 Å². The van der Waals surface area contributed by atoms with E-state index < -0.39 is 28.8 Å². The molecule has 0 aromatic carbocycles. The summed E-state index contributed by atoms with van der Waals surface area (Å²) < 4.78 is 42.4. The summed E-state index contributed by atoms with van der Waals surface area (Å²) in [6.45, 7) is 2.63. The van der Waals surface area contributed by atoms with Gasteiger partial charge in [-0.2, -0.15) is 13.2 Å². The van der Waals surface area contributed by atoms with Gasteiger partial charge < -0.3 is 9.72 Å². The van der Waals surface area contributed by atoms with Gasteiger partial charge >= 0.3 is 12.1 Å². The van der Waals surface area contributed by atoms with Crippen molar-refractivity contribution in [3.63, 3.8) is 0 Å². The third-order valence-corrected chi connectivity index (χ3v) is 1.95. The summed E-state index contributed by atoms with van der Waals surface area (Å²) >= 11 is 0. The lowest BCUT2D eigenvalue weighted by molar-refractivity contribution is -0.138. The van der Waals surface area contributed by atoms with E-state index in [1.165, 1.54) is 13.8 Å². The van der Waals surface area contributed by atoms with Crippen molar-refractivity contribution in [1.29, 1.82) is 0 Å². The second kappa shape index (κ2) is 4.60. The molecule has 1 aromatic rings. The SMILES string of the molecule is CCOC(=O)c1c(C(F)(F)F)cc(C)[nH]c1=O. The first kappa shape index (κ1) is 13.3. The Balaban J connectivity index is 3.47. The Kier molecular flexibility index (Phi) is 3.59. The van der Waals surface area contributed by atoms with Crippen LogP contribution >= 0.6 is 0 Å². The number of rotatable bonds is 2. The average molecular weight is 249 g/mol. The first-order chi connectivity index (χ1) is 7.77. The number of aromatic nitrogens is 1. The van der Waals surface area contributed by atoms with Crippen LogP contribution in [0.2, 0.25) is 0 Å². The minimum atomic E-state index is -4.78. The first-order valence-corrected chi connectivity index (χ1v) is 4.75. The zero-order chi connectivity index (χ0) is 13.2. The Morgan fingerprint density at radius 2 is 2.06 bits per heavy atom. The number of hydrogen-bond acceptors (Lipinski definition) is 3. The van der Waals surface area contributed by atoms with E-state index >= 15 is 0 Å². The predicted molar refractivity (Wildman–Crippen MR) is 52.8 cm³/mol. The van der Waals surface area contributed by atoms with E-state index in [1.807, 2.05) is 0 Å². The van der Waals surface area contributed by atoms with Crippen LogP contribution in [0.25, 0.3) is 0 Å². The highest BCUT2D eigenvalue weighted by atomic mass is 19.4. The van der Waals surface area contributed by atoms with Gasteiger partial charge in [0.2, 0.25) is 0 Å². The van der Waals surface area contributed by atoms with Gasteiger partial charge in [-0.05, 0) is 19.9 Å². The first-order valence-electron chi connectivity index (χ1n) is 4.75. The molecule has 0 fully saturated rings. The number of aromatic amines is 1. The molecule has 4 nitrogen and oxygen atoms in total. The standard InChI is InChI=1S/C10H10F3NO3/c1-3-17-9(16)7-6(10(11,12)13)4-5(2)14-8(7)15/h4H,3H2,1-2H3,(H,14,15). The maximum Gasteiger partial charge on any atom is 0.417 e. The lowest BCUT2D eigenvalue weighted by Gasteiger charge is -2.11. The molecule has 7 heteroatoms. The number of aryl methyl sites for hydroxylation is 1. The number of H-pyrrole nitrogens is 1. The van der Waals surface area contributed by atoms with Crippen molar-refractivity contribution in [3.05, 3.63) is 33.2 Å². The van der Waals surface area contributed by atoms with Gasteiger partial charge in [-0.1, -0.05) is 0 Å². The molecule has 1 N–H and O–H groups in total. The quantitative estimate of drug-likeness (QED) is 0.814. The van der Waals surface area contributed by atoms with Crippen LogP contribution in [-0.2, 0) is 10.9 Å². The molecule has 0 saturated carbocycles. The van der Waals surface area contributed by atoms with Crippen LogP contribution in [0.4, 0.5) is 13.2 Å². The number of carbonyl (C=O) groups excluding carboxylic acids is 1. The number of nitrogens with one attached hydrogen (secondary N) is 1. The molecule has 94 valence electrons. The van der Waals surface area contributed by atoms with E-state index in [4.69, 9.17) is 0 Å². The van der Waals surface area contributed by atoms with Gasteiger partial charge in [0.05, 0.1) is 12.2 Å². The van der Waals surface area contributed by atoms with E-state index in [0.717, 1.165) is 0 Å². The van der Waals surface area contributed by atoms with Crippen molar-refractivity contribution in [1.82, 2.24) is 4.98 Å². The van der Waals surface area contributed by atoms with Gasteiger partial charge in [0.1, 0.15) is 5.56 Å². The molecule has 1 aromatic heterocycles. The minimum absolute atomic E-state index is 0.0235. The van der Waals surface area contributed by atoms with Crippen LogP contribution in [0.15, 0.2) is 10.9 Å². The number of carbonyl (C=O) groups is 1. The van der Waals surface area contributed by atoms with Crippen molar-refractivity contribution in [2.45, 2.75) is 20.0 Å². The number of esters is 1. The highest BCUT2D eigenvalue weighted by Gasteiger charge is 2.37. The molecule has 1 heterocycles. The number of hydrogen-bond donors (Lipinski definition) is 1. The van der Waals surface area contributed by atoms with Crippen LogP contribution in [-0.4, -0.2) is 17.6 Å². The Morgan fingerprint density at radius 1 is 1.47 bits per heavy atom. The fourth-order valence-electron chi connectivity index (χ4n) is 1.32. The Bertz CT molecular complexity index is 491. The van der Waals surface area contributed by atoms with Crippen molar-refractivity contribution >= 4 is 5.97 Å². The molecular weight excluding hydrogens is 239 g/mol. The smallest absolute Gasteiger partial charge is 0.417 e. The van der Waals surface area contributed by atoms with E-state index in [-0.39, 0.29) is 12.3 Å². The zero-order valence-electron chi connectivity index (χ0n) is 9.14. The van der Waals surface area contributed by atoms with Gasteiger partial charge in [-0.25, -0.2) is 4.79 Å². The Morgan fingerprint density at radius 3 is 2.53 bits per heavy atom. The fraction of sp³-hybridized carbons (Fsp3) is 0.400. The molecule has 0 bridgehead atoms. The van der Waals surface area contributed by atoms with Crippen LogP contribution in [0.3, 0.4) is 0 Å². The number of ether oxygens (including phenoxy) is 1. The molecule has 17 heavy (non-hydrogen) atoms. The van der Waals surface area contributed by atoms with E-state index in [2.05, 4.69) is 9.72 Å². The van der Waals surface area contributed by atoms with Gasteiger partial charge in [-0.15, -0.1) is 0 Å². The maximum atomic E-state index is 12.6. The molecule has 0 atom stereocenters. The normalized spacial score (nSPS) is 11.4. The predicted octanol–water partition coefficient (Wildman–Crippen LogP) is 1.88. The van der Waals surface area contributed by atoms with Crippen molar-refractivity contribution < 1.29 is 22.7 Å². The summed E-state index contributed by atoms with van der Waals surface area (Å²) in [6, 6.07) is 0.702. The fourth-order valence-corrected chi connectivity index (χ4v) is 1.32. The average Bonchev–Trinajstić information content (AvgIpc) is 2.15. The van der Waals surface area contributed by atoms with Crippen LogP contribution in [0.1, 0.15) is 28.5 Å². The molecule has 0 aliphatic heterocycles. The van der Waals surface area contributed by atoms with Gasteiger partial charge in [0.25, 0.3) is 5.56 Å². The molecule has 0 spiro atoms. The second-order valence-corrected chi connectivity index (χ2v) is 3.29. The molecular formula is C10H10F3NO3. The Labute approximate surface area is 94.4 Å². The lowest BCUT2D eigenvalue weighted by atomic mass is 10.1. The third-order valence-electron chi connectivity index (χ3n) is 1.95. The summed E-state index contributed by atoms with van der Waals surface area (Å²) in [5, 5.41) is 0. The number of alkyl halides is 3. The van der Waals surface area contributed by atoms with Crippen molar-refractivity contribution in [2.24, 2.45) is 0 Å². The van der Waals surface area contributed by atoms with Gasteiger partial charge in [0.15, 0.2) is 0 Å². The largest absolute Gasteiger partial charge is 0.462 e. The van der Waals surface area contributed by atoms with Crippen LogP contribution < -0.4 is 5.56 Å². The molecule has 0 saturated heterocycles. The molecule has 0 amide bonds. The molecule has 1 rings (SSSR count). The lowest BCUT2D eigenvalue weighted by Crippen LogP contribution is -2.26. The minimum Gasteiger partial charge on any atom is -0.462 e. The third kappa shape index (κ3) is 2.86. The number of pyridine rings is 1. The molecule has 0 aliphatic rings. The van der Waals surface area contributed by atoms with E-state index in [1.54, 1.807) is 0 Å². The van der Waals surface area contributed by atoms with Gasteiger partial charge in [0, 0.05) is 5.69 Å². The second-order valence-electron chi connectivity index (χ2n) is 3.29. The highest BCUT2D eigenvalue weighted by Crippen LogP contribution is 2.31. The summed E-state index contributed by atoms with van der Waals surface area (Å²) in [5.41, 5.74) is -3.37. The highest BCUT2D eigenvalue weighted by molar-refractivity contribution is 5.90. The van der Waals surface area contributed by atoms with E-state index in [0.29, 0.717) is 6.07 Å². The maximum absolute atomic E-state index is 12.6. The Hall–Kier alpha value is -1.79. The summed E-state index contributed by atoms with van der Waals surface area (Å²) in [6.07, 6.45) is -4.78. The van der Waals surface area contributed by atoms with Crippen molar-refractivity contribution in [2.75, 3.05) is 6.61 Å². The zero-order valence-corrected chi connectivity index (χ0v) is 9.14. The summed E-state index contributed by atoms with van der Waals surface area (Å²) in [4.78, 5) is 24.8. The van der Waals surface area contributed by atoms with E-state index in [9.17, 15) is 22.8 Å². The topological polar surface area (TPSA) is 59.2 Å². The molecule has 0 unspecified atom stereocenters. The van der Waals surface area contributed by atoms with Gasteiger partial charge in [-0.3, -0.25) is 4.79 Å². The molecule has 0 aliphatic carbocycles. The number of halogens is 3. The summed E-state index contributed by atoms with van der Waals surface area (Å²) in [7, 11) is 0. The monoisotopic (exact) mass is 249 g/mol. The van der Waals surface area contributed by atoms with Crippen LogP contribution in [0.5, 0.6) is 0 Å².